The molecule has 1 amide bonds. The van der Waals surface area contributed by atoms with Gasteiger partial charge in [-0.2, -0.15) is 0 Å². The summed E-state index contributed by atoms with van der Waals surface area (Å²) in [4.78, 5) is 29.0. The average Bonchev–Trinajstić information content (AvgIpc) is 3.48. The van der Waals surface area contributed by atoms with E-state index in [4.69, 9.17) is 18.6 Å². The fourth-order valence-corrected chi connectivity index (χ4v) is 4.79. The van der Waals surface area contributed by atoms with Crippen molar-refractivity contribution in [1.29, 1.82) is 0 Å². The molecule has 1 aromatic heterocycles. The summed E-state index contributed by atoms with van der Waals surface area (Å²) in [7, 11) is 0. The molecule has 0 saturated heterocycles. The molecule has 2 aliphatic heterocycles. The standard InChI is InChI=1S/C29H25NO6/c1-2-3-14-33-20-11-9-19(10-12-20)26-25-27(31)21-6-4-5-7-22(21)36-28(25)29(32)30(26)16-18-8-13-23-24(15-18)35-17-34-23/h4-13,15,26H,2-3,14,16-17H2,1H3. The first-order chi connectivity index (χ1) is 17.6. The van der Waals surface area contributed by atoms with Gasteiger partial charge in [-0.1, -0.05) is 43.7 Å². The Hall–Kier alpha value is -4.26. The zero-order valence-electron chi connectivity index (χ0n) is 19.9. The van der Waals surface area contributed by atoms with E-state index in [0.717, 1.165) is 29.7 Å². The van der Waals surface area contributed by atoms with Crippen LogP contribution < -0.4 is 19.6 Å². The number of carbonyl (C=O) groups is 1. The summed E-state index contributed by atoms with van der Waals surface area (Å²) in [6.07, 6.45) is 2.03. The van der Waals surface area contributed by atoms with Gasteiger partial charge in [0.2, 0.25) is 12.6 Å². The van der Waals surface area contributed by atoms with Gasteiger partial charge in [-0.25, -0.2) is 0 Å². The van der Waals surface area contributed by atoms with Gasteiger partial charge in [0.25, 0.3) is 5.91 Å². The lowest BCUT2D eigenvalue weighted by atomic mass is 9.98. The first kappa shape index (κ1) is 22.2. The van der Waals surface area contributed by atoms with Crippen molar-refractivity contribution in [3.8, 4) is 17.2 Å². The summed E-state index contributed by atoms with van der Waals surface area (Å²) in [6, 6.07) is 19.6. The van der Waals surface area contributed by atoms with Gasteiger partial charge in [-0.15, -0.1) is 0 Å². The smallest absolute Gasteiger partial charge is 0.291 e. The number of para-hydroxylation sites is 1. The van der Waals surface area contributed by atoms with Crippen LogP contribution in [0.1, 0.15) is 53.1 Å². The Kier molecular flexibility index (Phi) is 5.60. The summed E-state index contributed by atoms with van der Waals surface area (Å²) in [6.45, 7) is 3.21. The van der Waals surface area contributed by atoms with Crippen LogP contribution >= 0.6 is 0 Å². The lowest BCUT2D eigenvalue weighted by molar-refractivity contribution is 0.0714. The fraction of sp³-hybridized carbons (Fsp3) is 0.241. The zero-order valence-corrected chi connectivity index (χ0v) is 19.9. The molecule has 0 saturated carbocycles. The molecule has 1 unspecified atom stereocenters. The van der Waals surface area contributed by atoms with Crippen LogP contribution in [0.3, 0.4) is 0 Å². The predicted molar refractivity (Wildman–Crippen MR) is 134 cm³/mol. The summed E-state index contributed by atoms with van der Waals surface area (Å²) in [5, 5.41) is 0.457. The maximum atomic E-state index is 13.7. The topological polar surface area (TPSA) is 78.2 Å². The number of benzene rings is 3. The summed E-state index contributed by atoms with van der Waals surface area (Å²) in [5.74, 6) is 1.84. The molecule has 7 heteroatoms. The molecule has 0 N–H and O–H groups in total. The van der Waals surface area contributed by atoms with Gasteiger partial charge in [0.1, 0.15) is 11.3 Å². The lowest BCUT2D eigenvalue weighted by Gasteiger charge is -2.25. The van der Waals surface area contributed by atoms with Crippen molar-refractivity contribution in [3.05, 3.63) is 99.4 Å². The molecule has 4 aromatic rings. The van der Waals surface area contributed by atoms with Gasteiger partial charge in [-0.3, -0.25) is 9.59 Å². The summed E-state index contributed by atoms with van der Waals surface area (Å²) in [5.41, 5.74) is 2.24. The van der Waals surface area contributed by atoms with Crippen LogP contribution in [0.25, 0.3) is 11.0 Å². The molecule has 7 nitrogen and oxygen atoms in total. The number of ether oxygens (including phenoxy) is 3. The second kappa shape index (κ2) is 9.07. The van der Waals surface area contributed by atoms with Gasteiger partial charge in [0, 0.05) is 6.54 Å². The van der Waals surface area contributed by atoms with E-state index in [0.29, 0.717) is 34.6 Å². The molecule has 6 rings (SSSR count). The highest BCUT2D eigenvalue weighted by molar-refractivity contribution is 5.99. The SMILES string of the molecule is CCCCOc1ccc(C2c3c(oc4ccccc4c3=O)C(=O)N2Cc2ccc3c(c2)OCO3)cc1. The molecule has 2 aliphatic rings. The first-order valence-electron chi connectivity index (χ1n) is 12.1. The van der Waals surface area contributed by atoms with E-state index in [-0.39, 0.29) is 30.4 Å². The molecule has 3 aromatic carbocycles. The Morgan fingerprint density at radius 1 is 0.972 bits per heavy atom. The maximum Gasteiger partial charge on any atom is 0.291 e. The second-order valence-electron chi connectivity index (χ2n) is 8.96. The first-order valence-corrected chi connectivity index (χ1v) is 12.1. The molecular formula is C29H25NO6. The Bertz CT molecular complexity index is 1510. The third-order valence-electron chi connectivity index (χ3n) is 6.63. The van der Waals surface area contributed by atoms with Gasteiger partial charge >= 0.3 is 0 Å². The zero-order chi connectivity index (χ0) is 24.6. The molecule has 1 atom stereocenters. The van der Waals surface area contributed by atoms with E-state index >= 15 is 0 Å². The minimum atomic E-state index is -0.594. The van der Waals surface area contributed by atoms with Crippen molar-refractivity contribution in [2.45, 2.75) is 32.4 Å². The predicted octanol–water partition coefficient (Wildman–Crippen LogP) is 5.45. The molecule has 36 heavy (non-hydrogen) atoms. The molecule has 0 aliphatic carbocycles. The number of nitrogens with zero attached hydrogens (tertiary/aromatic N) is 1. The normalized spacial score (nSPS) is 16.0. The third-order valence-corrected chi connectivity index (χ3v) is 6.63. The van der Waals surface area contributed by atoms with E-state index in [1.54, 1.807) is 29.2 Å². The molecular weight excluding hydrogens is 458 g/mol. The van der Waals surface area contributed by atoms with Crippen LogP contribution in [0, 0.1) is 0 Å². The Labute approximate surface area is 207 Å². The van der Waals surface area contributed by atoms with Crippen LogP contribution in [-0.4, -0.2) is 24.2 Å². The van der Waals surface area contributed by atoms with E-state index in [9.17, 15) is 9.59 Å². The van der Waals surface area contributed by atoms with Crippen molar-refractivity contribution >= 4 is 16.9 Å². The van der Waals surface area contributed by atoms with Gasteiger partial charge in [0.15, 0.2) is 16.9 Å². The van der Waals surface area contributed by atoms with E-state index in [1.807, 2.05) is 42.5 Å². The minimum Gasteiger partial charge on any atom is -0.494 e. The van der Waals surface area contributed by atoms with Crippen LogP contribution in [0.4, 0.5) is 0 Å². The number of hydrogen-bond donors (Lipinski definition) is 0. The van der Waals surface area contributed by atoms with Gasteiger partial charge in [0.05, 0.1) is 23.6 Å². The van der Waals surface area contributed by atoms with Crippen molar-refractivity contribution < 1.29 is 23.4 Å². The largest absolute Gasteiger partial charge is 0.494 e. The van der Waals surface area contributed by atoms with E-state index in [2.05, 4.69) is 6.92 Å². The number of fused-ring (bicyclic) bond motifs is 3. The van der Waals surface area contributed by atoms with E-state index in [1.165, 1.54) is 0 Å². The van der Waals surface area contributed by atoms with Gasteiger partial charge < -0.3 is 23.5 Å². The highest BCUT2D eigenvalue weighted by atomic mass is 16.7. The molecule has 0 bridgehead atoms. The molecule has 182 valence electrons. The summed E-state index contributed by atoms with van der Waals surface area (Å²) >= 11 is 0. The average molecular weight is 484 g/mol. The molecule has 3 heterocycles. The van der Waals surface area contributed by atoms with Crippen LogP contribution in [0.5, 0.6) is 17.2 Å². The Morgan fingerprint density at radius 3 is 2.61 bits per heavy atom. The van der Waals surface area contributed by atoms with Crippen molar-refractivity contribution in [2.75, 3.05) is 13.4 Å². The minimum absolute atomic E-state index is 0.0905. The number of amides is 1. The van der Waals surface area contributed by atoms with Crippen LogP contribution in [-0.2, 0) is 6.54 Å². The van der Waals surface area contributed by atoms with Crippen molar-refractivity contribution in [3.63, 3.8) is 0 Å². The highest BCUT2D eigenvalue weighted by Gasteiger charge is 2.42. The molecule has 0 spiro atoms. The molecule has 0 fully saturated rings. The Balaban J connectivity index is 1.43. The number of carbonyl (C=O) groups excluding carboxylic acids is 1. The van der Waals surface area contributed by atoms with Crippen LogP contribution in [0.2, 0.25) is 0 Å². The quantitative estimate of drug-likeness (QED) is 0.326. The van der Waals surface area contributed by atoms with Crippen molar-refractivity contribution in [2.24, 2.45) is 0 Å². The third kappa shape index (κ3) is 3.77. The molecule has 0 radical (unpaired) electrons. The summed E-state index contributed by atoms with van der Waals surface area (Å²) < 4.78 is 22.8. The van der Waals surface area contributed by atoms with E-state index < -0.39 is 6.04 Å². The Morgan fingerprint density at radius 2 is 1.78 bits per heavy atom. The fourth-order valence-electron chi connectivity index (χ4n) is 4.79. The number of hydrogen-bond acceptors (Lipinski definition) is 6. The highest BCUT2D eigenvalue weighted by Crippen LogP contribution is 2.40. The number of unbranched alkanes of at least 4 members (excludes halogenated alkanes) is 1. The monoisotopic (exact) mass is 483 g/mol. The van der Waals surface area contributed by atoms with Crippen LogP contribution in [0.15, 0.2) is 75.9 Å². The van der Waals surface area contributed by atoms with Gasteiger partial charge in [-0.05, 0) is 53.9 Å². The number of rotatable bonds is 7. The lowest BCUT2D eigenvalue weighted by Crippen LogP contribution is -2.29. The second-order valence-corrected chi connectivity index (χ2v) is 8.96. The maximum absolute atomic E-state index is 13.7. The van der Waals surface area contributed by atoms with Crippen molar-refractivity contribution in [1.82, 2.24) is 4.90 Å².